The van der Waals surface area contributed by atoms with Crippen molar-refractivity contribution in [1.82, 2.24) is 15.0 Å². The van der Waals surface area contributed by atoms with Crippen LogP contribution in [0.4, 0.5) is 0 Å². The predicted molar refractivity (Wildman–Crippen MR) is 182 cm³/mol. The second-order valence-corrected chi connectivity index (χ2v) is 12.1. The van der Waals surface area contributed by atoms with Gasteiger partial charge >= 0.3 is 0 Å². The minimum atomic E-state index is 0.0381. The normalized spacial score (nSPS) is 15.1. The van der Waals surface area contributed by atoms with E-state index < -0.39 is 0 Å². The van der Waals surface area contributed by atoms with E-state index in [1.54, 1.807) is 0 Å². The minimum Gasteiger partial charge on any atom is -0.255 e. The number of rotatable bonds is 9. The summed E-state index contributed by atoms with van der Waals surface area (Å²) in [6.45, 7) is 4.74. The van der Waals surface area contributed by atoms with Crippen molar-refractivity contribution in [1.29, 1.82) is 0 Å². The summed E-state index contributed by atoms with van der Waals surface area (Å²) in [5.41, 5.74) is 13.9. The molecule has 0 amide bonds. The fourth-order valence-electron chi connectivity index (χ4n) is 6.78. The summed E-state index contributed by atoms with van der Waals surface area (Å²) in [6, 6.07) is 41.2. The summed E-state index contributed by atoms with van der Waals surface area (Å²) in [5, 5.41) is 0. The van der Waals surface area contributed by atoms with E-state index in [1.807, 2.05) is 48.8 Å². The molecule has 0 saturated heterocycles. The zero-order chi connectivity index (χ0) is 29.9. The highest BCUT2D eigenvalue weighted by Gasteiger charge is 2.38. The molecule has 3 heteroatoms. The lowest BCUT2D eigenvalue weighted by Gasteiger charge is -2.28. The summed E-state index contributed by atoms with van der Waals surface area (Å²) < 4.78 is 0. The third-order valence-corrected chi connectivity index (χ3v) is 9.19. The summed E-state index contributed by atoms with van der Waals surface area (Å²) >= 11 is 0. The van der Waals surface area contributed by atoms with Crippen molar-refractivity contribution >= 4 is 0 Å². The van der Waals surface area contributed by atoms with Gasteiger partial charge in [0, 0.05) is 17.8 Å². The van der Waals surface area contributed by atoms with E-state index >= 15 is 0 Å². The van der Waals surface area contributed by atoms with Crippen LogP contribution in [0.15, 0.2) is 128 Å². The molecule has 7 rings (SSSR count). The van der Waals surface area contributed by atoms with Crippen LogP contribution in [0, 0.1) is 0 Å². The summed E-state index contributed by atoms with van der Waals surface area (Å²) in [7, 11) is 0. The van der Waals surface area contributed by atoms with E-state index in [4.69, 9.17) is 4.98 Å². The molecule has 0 bridgehead atoms. The van der Waals surface area contributed by atoms with Crippen molar-refractivity contribution in [3.63, 3.8) is 0 Å². The molecular weight excluding hydrogens is 534 g/mol. The maximum atomic E-state index is 4.93. The zero-order valence-electron chi connectivity index (χ0n) is 25.5. The number of hydrogen-bond donors (Lipinski definition) is 0. The van der Waals surface area contributed by atoms with Crippen LogP contribution in [-0.2, 0) is 5.41 Å². The third-order valence-electron chi connectivity index (χ3n) is 9.19. The third kappa shape index (κ3) is 5.24. The Bertz CT molecular complexity index is 1840. The van der Waals surface area contributed by atoms with Gasteiger partial charge < -0.3 is 0 Å². The molecule has 3 nitrogen and oxygen atoms in total. The number of fused-ring (bicyclic) bond motifs is 3. The molecule has 0 aliphatic heterocycles. The average molecular weight is 572 g/mol. The van der Waals surface area contributed by atoms with Crippen molar-refractivity contribution in [3.05, 3.63) is 139 Å². The van der Waals surface area contributed by atoms with Crippen LogP contribution in [0.25, 0.3) is 56.2 Å². The molecule has 0 fully saturated rings. The lowest BCUT2D eigenvalue weighted by atomic mass is 9.75. The van der Waals surface area contributed by atoms with Gasteiger partial charge in [0.2, 0.25) is 0 Å². The molecule has 6 aromatic rings. The lowest BCUT2D eigenvalue weighted by Crippen LogP contribution is -2.20. The first-order chi connectivity index (χ1) is 21.6. The standard InChI is InChI=1S/C41H37N3/c1-3-4-5-10-23-41(2)35-14-7-6-13-33(35)34-22-21-31(26-36(34)41)29-17-19-30(20-18-29)32-27-39(37-15-8-11-24-42-37)44-40(28-32)38-16-9-12-25-43-38/h6-9,11-22,24-28H,3-5,10,23H2,1-2H3. The Kier molecular flexibility index (Phi) is 7.62. The molecule has 3 aromatic carbocycles. The number of nitrogens with zero attached hydrogens (tertiary/aromatic N) is 3. The fraction of sp³-hybridized carbons (Fsp3) is 0.195. The molecular formula is C41H37N3. The Morgan fingerprint density at radius 2 is 1.09 bits per heavy atom. The van der Waals surface area contributed by atoms with Gasteiger partial charge in [-0.25, -0.2) is 4.98 Å². The van der Waals surface area contributed by atoms with Crippen LogP contribution in [0.3, 0.4) is 0 Å². The van der Waals surface area contributed by atoms with Gasteiger partial charge in [0.15, 0.2) is 0 Å². The summed E-state index contributed by atoms with van der Waals surface area (Å²) in [5.74, 6) is 0. The Labute approximate surface area is 260 Å². The molecule has 0 N–H and O–H groups in total. The molecule has 0 radical (unpaired) electrons. The minimum absolute atomic E-state index is 0.0381. The van der Waals surface area contributed by atoms with Crippen LogP contribution >= 0.6 is 0 Å². The molecule has 1 unspecified atom stereocenters. The second-order valence-electron chi connectivity index (χ2n) is 12.1. The first kappa shape index (κ1) is 27.9. The Morgan fingerprint density at radius 3 is 1.73 bits per heavy atom. The molecule has 216 valence electrons. The van der Waals surface area contributed by atoms with Crippen molar-refractivity contribution in [3.8, 4) is 56.2 Å². The molecule has 1 aliphatic rings. The number of unbranched alkanes of at least 4 members (excludes halogenated alkanes) is 3. The first-order valence-electron chi connectivity index (χ1n) is 15.8. The predicted octanol–water partition coefficient (Wildman–Crippen LogP) is 10.8. The van der Waals surface area contributed by atoms with Gasteiger partial charge in [0.05, 0.1) is 22.8 Å². The number of hydrogen-bond acceptors (Lipinski definition) is 3. The molecule has 44 heavy (non-hydrogen) atoms. The van der Waals surface area contributed by atoms with Gasteiger partial charge in [0.1, 0.15) is 0 Å². The van der Waals surface area contributed by atoms with E-state index in [1.165, 1.54) is 65.5 Å². The molecule has 1 atom stereocenters. The van der Waals surface area contributed by atoms with Crippen molar-refractivity contribution in [2.45, 2.75) is 51.4 Å². The largest absolute Gasteiger partial charge is 0.255 e. The SMILES string of the molecule is CCCCCCC1(C)c2ccccc2-c2ccc(-c3ccc(-c4cc(-c5ccccn5)nc(-c5ccccn5)c4)cc3)cc21. The second kappa shape index (κ2) is 12.0. The molecule has 3 aromatic heterocycles. The van der Waals surface area contributed by atoms with Gasteiger partial charge in [-0.3, -0.25) is 9.97 Å². The van der Waals surface area contributed by atoms with E-state index in [9.17, 15) is 0 Å². The average Bonchev–Trinajstić information content (AvgIpc) is 3.35. The van der Waals surface area contributed by atoms with Gasteiger partial charge in [-0.1, -0.05) is 112 Å². The van der Waals surface area contributed by atoms with Gasteiger partial charge in [0.25, 0.3) is 0 Å². The lowest BCUT2D eigenvalue weighted by molar-refractivity contribution is 0.487. The summed E-state index contributed by atoms with van der Waals surface area (Å²) in [6.07, 6.45) is 9.92. The van der Waals surface area contributed by atoms with Crippen LogP contribution in [0.2, 0.25) is 0 Å². The fourth-order valence-corrected chi connectivity index (χ4v) is 6.78. The van der Waals surface area contributed by atoms with Gasteiger partial charge in [-0.15, -0.1) is 0 Å². The van der Waals surface area contributed by atoms with Gasteiger partial charge in [-0.2, -0.15) is 0 Å². The number of benzene rings is 3. The maximum Gasteiger partial charge on any atom is 0.0900 e. The van der Waals surface area contributed by atoms with E-state index in [2.05, 4.69) is 103 Å². The summed E-state index contributed by atoms with van der Waals surface area (Å²) in [4.78, 5) is 14.1. The van der Waals surface area contributed by atoms with E-state index in [0.717, 1.165) is 33.9 Å². The molecule has 3 heterocycles. The smallest absolute Gasteiger partial charge is 0.0900 e. The zero-order valence-corrected chi connectivity index (χ0v) is 25.5. The quantitative estimate of drug-likeness (QED) is 0.162. The molecule has 0 spiro atoms. The Hall–Kier alpha value is -4.89. The Morgan fingerprint density at radius 1 is 0.500 bits per heavy atom. The van der Waals surface area contributed by atoms with Crippen LogP contribution in [0.5, 0.6) is 0 Å². The van der Waals surface area contributed by atoms with Gasteiger partial charge in [-0.05, 0) is 93.4 Å². The highest BCUT2D eigenvalue weighted by Crippen LogP contribution is 2.52. The maximum absolute atomic E-state index is 4.93. The van der Waals surface area contributed by atoms with Crippen LogP contribution in [0.1, 0.15) is 57.1 Å². The first-order valence-corrected chi connectivity index (χ1v) is 15.8. The van der Waals surface area contributed by atoms with Crippen LogP contribution < -0.4 is 0 Å². The number of pyridine rings is 3. The monoisotopic (exact) mass is 571 g/mol. The van der Waals surface area contributed by atoms with Crippen molar-refractivity contribution in [2.75, 3.05) is 0 Å². The molecule has 1 aliphatic carbocycles. The van der Waals surface area contributed by atoms with E-state index in [0.29, 0.717) is 0 Å². The highest BCUT2D eigenvalue weighted by molar-refractivity contribution is 5.84. The highest BCUT2D eigenvalue weighted by atomic mass is 14.8. The van der Waals surface area contributed by atoms with Crippen molar-refractivity contribution in [2.24, 2.45) is 0 Å². The topological polar surface area (TPSA) is 38.7 Å². The number of aromatic nitrogens is 3. The van der Waals surface area contributed by atoms with Crippen LogP contribution in [-0.4, -0.2) is 15.0 Å². The van der Waals surface area contributed by atoms with E-state index in [-0.39, 0.29) is 5.41 Å². The van der Waals surface area contributed by atoms with Crippen molar-refractivity contribution < 1.29 is 0 Å². The Balaban J connectivity index is 1.24. The molecule has 0 saturated carbocycles.